The molecule has 7 nitrogen and oxygen atoms in total. The van der Waals surface area contributed by atoms with E-state index in [0.717, 1.165) is 57.5 Å². The average molecular weight is 577 g/mol. The molecule has 1 saturated heterocycles. The molecule has 1 aromatic rings. The van der Waals surface area contributed by atoms with Gasteiger partial charge in [0.2, 0.25) is 5.91 Å². The molecule has 2 unspecified atom stereocenters. The van der Waals surface area contributed by atoms with Gasteiger partial charge in [0.1, 0.15) is 6.29 Å². The Hall–Kier alpha value is -1.90. The van der Waals surface area contributed by atoms with Gasteiger partial charge in [0.05, 0.1) is 13.5 Å². The minimum absolute atomic E-state index is 0.0621. The average Bonchev–Trinajstić information content (AvgIpc) is 3.00. The number of aldehydes is 1. The SMILES string of the molecule is COC(=O)CCC(=O)NC(CCC(CCCC1CCCCC1)NSC)Cc1ccccc1.O=CC1CCOCC1. The van der Waals surface area contributed by atoms with E-state index in [4.69, 9.17) is 4.74 Å². The van der Waals surface area contributed by atoms with Crippen LogP contribution in [0.2, 0.25) is 0 Å². The van der Waals surface area contributed by atoms with Crippen LogP contribution in [0.5, 0.6) is 0 Å². The van der Waals surface area contributed by atoms with E-state index < -0.39 is 0 Å². The summed E-state index contributed by atoms with van der Waals surface area (Å²) >= 11 is 1.69. The Labute approximate surface area is 246 Å². The molecule has 0 radical (unpaired) electrons. The minimum Gasteiger partial charge on any atom is -0.469 e. The molecule has 2 aliphatic rings. The van der Waals surface area contributed by atoms with E-state index in [0.29, 0.717) is 6.04 Å². The summed E-state index contributed by atoms with van der Waals surface area (Å²) in [6.07, 6.45) is 18.9. The second-order valence-corrected chi connectivity index (χ2v) is 11.8. The third-order valence-electron chi connectivity index (χ3n) is 7.97. The molecule has 2 atom stereocenters. The normalized spacial score (nSPS) is 17.6. The van der Waals surface area contributed by atoms with Gasteiger partial charge in [0.25, 0.3) is 0 Å². The minimum atomic E-state index is -0.345. The molecule has 2 N–H and O–H groups in total. The first-order valence-corrected chi connectivity index (χ1v) is 16.5. The topological polar surface area (TPSA) is 93.7 Å². The number of hydrogen-bond acceptors (Lipinski definition) is 7. The Morgan fingerprint density at radius 2 is 1.70 bits per heavy atom. The van der Waals surface area contributed by atoms with Crippen LogP contribution in [0, 0.1) is 11.8 Å². The highest BCUT2D eigenvalue weighted by molar-refractivity contribution is 7.96. The van der Waals surface area contributed by atoms with Crippen LogP contribution in [0.25, 0.3) is 0 Å². The Kier molecular flexibility index (Phi) is 18.7. The maximum absolute atomic E-state index is 12.4. The molecule has 1 heterocycles. The summed E-state index contributed by atoms with van der Waals surface area (Å²) in [5.41, 5.74) is 1.22. The van der Waals surface area contributed by atoms with Crippen molar-refractivity contribution in [2.75, 3.05) is 26.6 Å². The van der Waals surface area contributed by atoms with Crippen LogP contribution < -0.4 is 10.0 Å². The number of amides is 1. The molecule has 0 aromatic heterocycles. The summed E-state index contributed by atoms with van der Waals surface area (Å²) in [4.78, 5) is 33.9. The van der Waals surface area contributed by atoms with Crippen LogP contribution in [-0.4, -0.2) is 56.8 Å². The van der Waals surface area contributed by atoms with Crippen LogP contribution in [0.15, 0.2) is 30.3 Å². The molecule has 1 saturated carbocycles. The van der Waals surface area contributed by atoms with E-state index in [-0.39, 0.29) is 36.7 Å². The molecule has 2 fully saturated rings. The van der Waals surface area contributed by atoms with Crippen LogP contribution >= 0.6 is 11.9 Å². The van der Waals surface area contributed by atoms with Crippen molar-refractivity contribution in [3.63, 3.8) is 0 Å². The van der Waals surface area contributed by atoms with Gasteiger partial charge in [0.15, 0.2) is 0 Å². The maximum Gasteiger partial charge on any atom is 0.306 e. The van der Waals surface area contributed by atoms with Crippen molar-refractivity contribution in [3.05, 3.63) is 35.9 Å². The summed E-state index contributed by atoms with van der Waals surface area (Å²) in [7, 11) is 1.35. The molecular formula is C32H52N2O5S. The molecule has 1 aromatic carbocycles. The van der Waals surface area contributed by atoms with E-state index >= 15 is 0 Å². The quantitative estimate of drug-likeness (QED) is 0.141. The number of carbonyl (C=O) groups is 3. The van der Waals surface area contributed by atoms with Gasteiger partial charge in [0, 0.05) is 37.6 Å². The number of rotatable bonds is 16. The first kappa shape index (κ1) is 34.3. The Balaban J connectivity index is 0.000000598. The van der Waals surface area contributed by atoms with Gasteiger partial charge in [-0.2, -0.15) is 0 Å². The third kappa shape index (κ3) is 15.8. The van der Waals surface area contributed by atoms with E-state index in [1.165, 1.54) is 64.0 Å². The fourth-order valence-electron chi connectivity index (χ4n) is 5.55. The van der Waals surface area contributed by atoms with Gasteiger partial charge in [-0.05, 0) is 56.3 Å². The predicted octanol–water partition coefficient (Wildman–Crippen LogP) is 6.05. The van der Waals surface area contributed by atoms with Crippen LogP contribution in [-0.2, 0) is 30.3 Å². The van der Waals surface area contributed by atoms with Crippen molar-refractivity contribution in [3.8, 4) is 0 Å². The zero-order valence-electron chi connectivity index (χ0n) is 24.7. The van der Waals surface area contributed by atoms with E-state index in [2.05, 4.69) is 33.2 Å². The largest absolute Gasteiger partial charge is 0.469 e. The molecule has 1 aliphatic heterocycles. The fourth-order valence-corrected chi connectivity index (χ4v) is 6.12. The standard InChI is InChI=1S/C26H42N2O3S.C6H10O2/c1-31-26(30)19-18-25(29)27-24(20-22-12-7-4-8-13-22)17-16-23(28-32-2)15-9-14-21-10-5-3-6-11-21;7-5-6-1-3-8-4-2-6/h4,7-8,12-13,21,23-24,28H,3,5-6,9-11,14-20H2,1-2H3,(H,27,29);5-6H,1-4H2. The van der Waals surface area contributed by atoms with Crippen molar-refractivity contribution in [2.24, 2.45) is 11.8 Å². The van der Waals surface area contributed by atoms with E-state index in [9.17, 15) is 14.4 Å². The summed E-state index contributed by atoms with van der Waals surface area (Å²) in [5.74, 6) is 0.785. The summed E-state index contributed by atoms with van der Waals surface area (Å²) in [6, 6.07) is 10.8. The lowest BCUT2D eigenvalue weighted by atomic mass is 9.85. The monoisotopic (exact) mass is 576 g/mol. The first-order valence-electron chi connectivity index (χ1n) is 15.3. The van der Waals surface area contributed by atoms with Gasteiger partial charge in [-0.1, -0.05) is 87.2 Å². The third-order valence-corrected chi connectivity index (χ3v) is 8.54. The lowest BCUT2D eigenvalue weighted by Crippen LogP contribution is -2.38. The number of methoxy groups -OCH3 is 1. The van der Waals surface area contributed by atoms with Crippen LogP contribution in [0.3, 0.4) is 0 Å². The number of ether oxygens (including phenoxy) is 2. The smallest absolute Gasteiger partial charge is 0.306 e. The van der Waals surface area contributed by atoms with Crippen molar-refractivity contribution in [2.45, 2.75) is 108 Å². The zero-order chi connectivity index (χ0) is 28.8. The van der Waals surface area contributed by atoms with Gasteiger partial charge < -0.3 is 19.6 Å². The van der Waals surface area contributed by atoms with Crippen molar-refractivity contribution >= 4 is 30.1 Å². The lowest BCUT2D eigenvalue weighted by molar-refractivity contribution is -0.142. The summed E-state index contributed by atoms with van der Waals surface area (Å²) in [5, 5.41) is 3.17. The molecule has 1 amide bonds. The zero-order valence-corrected chi connectivity index (χ0v) is 25.6. The maximum atomic E-state index is 12.4. The molecular weight excluding hydrogens is 524 g/mol. The van der Waals surface area contributed by atoms with Gasteiger partial charge in [-0.3, -0.25) is 14.3 Å². The highest BCUT2D eigenvalue weighted by Crippen LogP contribution is 2.28. The Morgan fingerprint density at radius 3 is 2.33 bits per heavy atom. The van der Waals surface area contributed by atoms with Crippen LogP contribution in [0.1, 0.15) is 95.5 Å². The first-order chi connectivity index (χ1) is 19.5. The van der Waals surface area contributed by atoms with E-state index in [1.54, 1.807) is 11.9 Å². The van der Waals surface area contributed by atoms with Gasteiger partial charge in [-0.15, -0.1) is 0 Å². The number of hydrogen-bond donors (Lipinski definition) is 2. The Bertz CT molecular complexity index is 813. The number of esters is 1. The molecule has 0 spiro atoms. The number of nitrogens with one attached hydrogen (secondary N) is 2. The summed E-state index contributed by atoms with van der Waals surface area (Å²) in [6.45, 7) is 1.53. The number of carbonyl (C=O) groups excluding carboxylic acids is 3. The summed E-state index contributed by atoms with van der Waals surface area (Å²) < 4.78 is 13.3. The van der Waals surface area contributed by atoms with E-state index in [1.807, 2.05) is 18.2 Å². The number of benzene rings is 1. The molecule has 226 valence electrons. The van der Waals surface area contributed by atoms with Gasteiger partial charge in [-0.25, -0.2) is 0 Å². The molecule has 8 heteroatoms. The highest BCUT2D eigenvalue weighted by Gasteiger charge is 2.19. The molecule has 0 bridgehead atoms. The molecule has 3 rings (SSSR count). The van der Waals surface area contributed by atoms with Gasteiger partial charge >= 0.3 is 5.97 Å². The predicted molar refractivity (Wildman–Crippen MR) is 163 cm³/mol. The lowest BCUT2D eigenvalue weighted by Gasteiger charge is -2.25. The highest BCUT2D eigenvalue weighted by atomic mass is 32.2. The van der Waals surface area contributed by atoms with Crippen LogP contribution in [0.4, 0.5) is 0 Å². The second-order valence-electron chi connectivity index (χ2n) is 11.1. The fraction of sp³-hybridized carbons (Fsp3) is 0.719. The molecule has 40 heavy (non-hydrogen) atoms. The second kappa shape index (κ2) is 21.8. The van der Waals surface area contributed by atoms with Crippen molar-refractivity contribution in [1.29, 1.82) is 0 Å². The van der Waals surface area contributed by atoms with Crippen molar-refractivity contribution < 1.29 is 23.9 Å². The Morgan fingerprint density at radius 1 is 1.00 bits per heavy atom. The van der Waals surface area contributed by atoms with Crippen molar-refractivity contribution in [1.82, 2.24) is 10.0 Å². The molecule has 1 aliphatic carbocycles.